The van der Waals surface area contributed by atoms with E-state index in [0.29, 0.717) is 17.6 Å². The molecule has 7 aromatic carbocycles. The molecule has 57 heavy (non-hydrogen) atoms. The van der Waals surface area contributed by atoms with Gasteiger partial charge >= 0.3 is 0 Å². The van der Waals surface area contributed by atoms with E-state index in [1.807, 2.05) is 36.4 Å². The summed E-state index contributed by atoms with van der Waals surface area (Å²) < 4.78 is 4.62. The van der Waals surface area contributed by atoms with Gasteiger partial charge in [-0.2, -0.15) is 9.97 Å². The first-order valence-electron chi connectivity index (χ1n) is 19.2. The van der Waals surface area contributed by atoms with Gasteiger partial charge in [-0.25, -0.2) is 4.98 Å². The van der Waals surface area contributed by atoms with Crippen molar-refractivity contribution in [2.75, 3.05) is 0 Å². The van der Waals surface area contributed by atoms with Gasteiger partial charge in [0.15, 0.2) is 11.6 Å². The number of hydrogen-bond acceptors (Lipinski definition) is 3. The predicted molar refractivity (Wildman–Crippen MR) is 237 cm³/mol. The molecule has 3 heterocycles. The number of rotatable bonds is 8. The molecule has 0 radical (unpaired) electrons. The van der Waals surface area contributed by atoms with Crippen molar-refractivity contribution in [1.29, 1.82) is 0 Å². The van der Waals surface area contributed by atoms with E-state index in [2.05, 4.69) is 180 Å². The molecule has 0 saturated carbocycles. The molecule has 0 fully saturated rings. The van der Waals surface area contributed by atoms with Crippen LogP contribution in [-0.2, 0) is 0 Å². The quantitative estimate of drug-likeness (QED) is 0.146. The third-order valence-corrected chi connectivity index (χ3v) is 10.8. The van der Waals surface area contributed by atoms with Crippen LogP contribution in [0.25, 0.3) is 95.5 Å². The van der Waals surface area contributed by atoms with Gasteiger partial charge < -0.3 is 4.57 Å². The number of para-hydroxylation sites is 1. The lowest BCUT2D eigenvalue weighted by Crippen LogP contribution is -2.07. The molecular formula is C52H37N5. The largest absolute Gasteiger partial charge is 0.311 e. The van der Waals surface area contributed by atoms with Crippen LogP contribution in [0.3, 0.4) is 0 Å². The Balaban J connectivity index is 1.26. The van der Waals surface area contributed by atoms with Gasteiger partial charge in [0.05, 0.1) is 16.6 Å². The molecule has 3 aromatic heterocycles. The second kappa shape index (κ2) is 14.2. The molecule has 5 heteroatoms. The number of fused-ring (bicyclic) bond motifs is 5. The van der Waals surface area contributed by atoms with E-state index < -0.39 is 0 Å². The topological polar surface area (TPSA) is 48.5 Å². The van der Waals surface area contributed by atoms with E-state index >= 15 is 0 Å². The fraction of sp³-hybridized carbons (Fsp3) is 0.0192. The Kier molecular flexibility index (Phi) is 8.46. The molecule has 0 amide bonds. The highest BCUT2D eigenvalue weighted by atomic mass is 15.2. The Morgan fingerprint density at radius 2 is 0.912 bits per heavy atom. The zero-order valence-corrected chi connectivity index (χ0v) is 31.4. The molecule has 0 atom stereocenters. The van der Waals surface area contributed by atoms with E-state index in [-0.39, 0.29) is 0 Å². The van der Waals surface area contributed by atoms with Crippen LogP contribution in [0.1, 0.15) is 11.3 Å². The number of hydrogen-bond donors (Lipinski definition) is 0. The van der Waals surface area contributed by atoms with Crippen LogP contribution in [0, 0.1) is 6.92 Å². The number of benzene rings is 7. The van der Waals surface area contributed by atoms with Gasteiger partial charge in [-0.3, -0.25) is 4.57 Å². The predicted octanol–water partition coefficient (Wildman–Crippen LogP) is 13.1. The molecule has 0 saturated heterocycles. The van der Waals surface area contributed by atoms with Crippen LogP contribution in [0.15, 0.2) is 195 Å². The highest BCUT2D eigenvalue weighted by Crippen LogP contribution is 2.41. The third-order valence-electron chi connectivity index (χ3n) is 10.8. The van der Waals surface area contributed by atoms with Crippen LogP contribution in [0.4, 0.5) is 0 Å². The molecule has 10 aromatic rings. The molecule has 0 unspecified atom stereocenters. The van der Waals surface area contributed by atoms with E-state index in [0.717, 1.165) is 71.9 Å². The molecule has 270 valence electrons. The monoisotopic (exact) mass is 731 g/mol. The summed E-state index contributed by atoms with van der Waals surface area (Å²) in [4.78, 5) is 15.7. The SMILES string of the molecule is C=C/C=C\c1c(C)n(-c2ccc(-c3ccccc3)cc2)c2c1ccc1c3ccccc3n(-c3nc(-c4ccccc4)nc(-c4ccc(-c5ccccc5)cc4)n3)c12. The Labute approximate surface area is 331 Å². The lowest BCUT2D eigenvalue weighted by molar-refractivity contribution is 0.951. The van der Waals surface area contributed by atoms with Crippen LogP contribution >= 0.6 is 0 Å². The highest BCUT2D eigenvalue weighted by molar-refractivity contribution is 6.19. The van der Waals surface area contributed by atoms with Crippen molar-refractivity contribution < 1.29 is 0 Å². The fourth-order valence-corrected chi connectivity index (χ4v) is 8.06. The van der Waals surface area contributed by atoms with Gasteiger partial charge in [-0.15, -0.1) is 0 Å². The maximum atomic E-state index is 5.31. The minimum absolute atomic E-state index is 0.553. The summed E-state index contributed by atoms with van der Waals surface area (Å²) in [5.41, 5.74) is 12.9. The van der Waals surface area contributed by atoms with E-state index in [4.69, 9.17) is 15.0 Å². The number of aromatic nitrogens is 5. The summed E-state index contributed by atoms with van der Waals surface area (Å²) in [6, 6.07) is 61.4. The molecule has 5 nitrogen and oxygen atoms in total. The molecule has 0 N–H and O–H groups in total. The van der Waals surface area contributed by atoms with Crippen LogP contribution in [-0.4, -0.2) is 24.1 Å². The van der Waals surface area contributed by atoms with Crippen molar-refractivity contribution in [2.45, 2.75) is 6.92 Å². The third kappa shape index (κ3) is 5.94. The summed E-state index contributed by atoms with van der Waals surface area (Å²) in [6.07, 6.45) is 6.00. The van der Waals surface area contributed by atoms with Crippen LogP contribution < -0.4 is 0 Å². The molecule has 10 rings (SSSR count). The molecule has 0 bridgehead atoms. The Morgan fingerprint density at radius 3 is 1.53 bits per heavy atom. The van der Waals surface area contributed by atoms with Gasteiger partial charge in [0.25, 0.3) is 0 Å². The summed E-state index contributed by atoms with van der Waals surface area (Å²) in [5, 5.41) is 3.37. The Bertz CT molecular complexity index is 3100. The molecule has 0 aliphatic heterocycles. The standard InChI is InChI=1S/C52H37N5/c1-3-4-22-43-35(2)56(42-31-29-39(30-32-42)37-18-10-6-11-19-37)48-45(43)33-34-46-44-23-14-15-24-47(44)57(49(46)48)52-54-50(40-20-12-7-13-21-40)53-51(55-52)41-27-25-38(26-28-41)36-16-8-5-9-17-36/h3-34H,1H2,2H3/b22-4-. The zero-order chi connectivity index (χ0) is 38.3. The minimum atomic E-state index is 0.553. The van der Waals surface area contributed by atoms with Crippen molar-refractivity contribution >= 4 is 38.8 Å². The first-order valence-corrected chi connectivity index (χ1v) is 19.2. The van der Waals surface area contributed by atoms with Crippen LogP contribution in [0.2, 0.25) is 0 Å². The Hall–Kier alpha value is -7.63. The van der Waals surface area contributed by atoms with Crippen molar-refractivity contribution in [3.8, 4) is 56.7 Å². The van der Waals surface area contributed by atoms with Crippen molar-refractivity contribution in [3.63, 3.8) is 0 Å². The normalized spacial score (nSPS) is 11.6. The van der Waals surface area contributed by atoms with E-state index in [1.54, 1.807) is 0 Å². The summed E-state index contributed by atoms with van der Waals surface area (Å²) in [5.74, 6) is 1.77. The first-order chi connectivity index (χ1) is 28.2. The average molecular weight is 732 g/mol. The van der Waals surface area contributed by atoms with E-state index in [1.165, 1.54) is 11.1 Å². The van der Waals surface area contributed by atoms with Gasteiger partial charge in [0, 0.05) is 44.2 Å². The molecule has 0 aliphatic carbocycles. The summed E-state index contributed by atoms with van der Waals surface area (Å²) in [6.45, 7) is 6.18. The average Bonchev–Trinajstić information content (AvgIpc) is 3.77. The van der Waals surface area contributed by atoms with Crippen molar-refractivity contribution in [3.05, 3.63) is 206 Å². The first kappa shape index (κ1) is 33.9. The highest BCUT2D eigenvalue weighted by Gasteiger charge is 2.24. The lowest BCUT2D eigenvalue weighted by atomic mass is 10.0. The second-order valence-electron chi connectivity index (χ2n) is 14.1. The van der Waals surface area contributed by atoms with Gasteiger partial charge in [0.2, 0.25) is 5.95 Å². The summed E-state index contributed by atoms with van der Waals surface area (Å²) in [7, 11) is 0. The number of allylic oxidation sites excluding steroid dienone is 2. The van der Waals surface area contributed by atoms with Gasteiger partial charge in [-0.05, 0) is 47.4 Å². The Morgan fingerprint density at radius 1 is 0.439 bits per heavy atom. The number of nitrogens with zero attached hydrogens (tertiary/aromatic N) is 5. The minimum Gasteiger partial charge on any atom is -0.311 e. The van der Waals surface area contributed by atoms with Crippen molar-refractivity contribution in [2.24, 2.45) is 0 Å². The fourth-order valence-electron chi connectivity index (χ4n) is 8.06. The molecular weight excluding hydrogens is 695 g/mol. The molecule has 0 spiro atoms. The zero-order valence-electron chi connectivity index (χ0n) is 31.4. The maximum absolute atomic E-state index is 5.31. The van der Waals surface area contributed by atoms with Gasteiger partial charge in [-0.1, -0.05) is 183 Å². The second-order valence-corrected chi connectivity index (χ2v) is 14.1. The van der Waals surface area contributed by atoms with Crippen LogP contribution in [0.5, 0.6) is 0 Å². The van der Waals surface area contributed by atoms with Crippen molar-refractivity contribution in [1.82, 2.24) is 24.1 Å². The molecule has 0 aliphatic rings. The lowest BCUT2D eigenvalue weighted by Gasteiger charge is -2.14. The summed E-state index contributed by atoms with van der Waals surface area (Å²) >= 11 is 0. The van der Waals surface area contributed by atoms with Gasteiger partial charge in [0.1, 0.15) is 0 Å². The maximum Gasteiger partial charge on any atom is 0.238 e. The van der Waals surface area contributed by atoms with E-state index in [9.17, 15) is 0 Å². The smallest absolute Gasteiger partial charge is 0.238 e.